The second-order valence-electron chi connectivity index (χ2n) is 10.6. The molecule has 1 saturated carbocycles. The lowest BCUT2D eigenvalue weighted by atomic mass is 9.84. The highest BCUT2D eigenvalue weighted by Crippen LogP contribution is 2.57. The first-order valence-corrected chi connectivity index (χ1v) is 14.4. The first-order valence-electron chi connectivity index (χ1n) is 12.9. The average Bonchev–Trinajstić information content (AvgIpc) is 3.33. The molecule has 1 saturated heterocycles. The van der Waals surface area contributed by atoms with Crippen molar-refractivity contribution in [2.75, 3.05) is 13.2 Å². The number of ether oxygens (including phenoxy) is 1. The van der Waals surface area contributed by atoms with E-state index in [2.05, 4.69) is 0 Å². The molecule has 224 valence electrons. The Balaban J connectivity index is 1.65. The summed E-state index contributed by atoms with van der Waals surface area (Å²) >= 11 is 0. The molecule has 3 aliphatic rings. The van der Waals surface area contributed by atoms with E-state index in [4.69, 9.17) is 4.74 Å². The number of fused-ring (bicyclic) bond motifs is 3. The molecule has 0 N–H and O–H groups in total. The zero-order valence-electron chi connectivity index (χ0n) is 21.3. The van der Waals surface area contributed by atoms with E-state index >= 15 is 0 Å². The molecule has 1 aliphatic carbocycles. The maximum atomic E-state index is 14.9. The van der Waals surface area contributed by atoms with Gasteiger partial charge in [0.1, 0.15) is 23.3 Å². The number of alkyl halides is 8. The van der Waals surface area contributed by atoms with Gasteiger partial charge in [-0.15, -0.1) is 0 Å². The summed E-state index contributed by atoms with van der Waals surface area (Å²) in [5.74, 6) is -1.65. The van der Waals surface area contributed by atoms with Crippen molar-refractivity contribution < 1.29 is 53.1 Å². The highest BCUT2D eigenvalue weighted by atomic mass is 32.2. The minimum Gasteiger partial charge on any atom is -0.491 e. The second-order valence-corrected chi connectivity index (χ2v) is 12.8. The van der Waals surface area contributed by atoms with Crippen LogP contribution in [0, 0.1) is 5.92 Å². The molecule has 41 heavy (non-hydrogen) atoms. The van der Waals surface area contributed by atoms with E-state index < -0.39 is 74.6 Å². The molecule has 14 heteroatoms. The van der Waals surface area contributed by atoms with Crippen LogP contribution in [-0.2, 0) is 25.0 Å². The van der Waals surface area contributed by atoms with Crippen molar-refractivity contribution in [3.8, 4) is 5.75 Å². The molecule has 2 fully saturated rings. The molecule has 5 nitrogen and oxygen atoms in total. The van der Waals surface area contributed by atoms with Crippen LogP contribution in [0.5, 0.6) is 5.75 Å². The Hall–Kier alpha value is -2.90. The maximum absolute atomic E-state index is 14.9. The number of nitrogens with zero attached hydrogens (tertiary/aromatic N) is 1. The minimum absolute atomic E-state index is 0.103. The van der Waals surface area contributed by atoms with E-state index in [9.17, 15) is 48.3 Å². The molecule has 2 aliphatic heterocycles. The number of carbonyl (C=O) groups excluding carboxylic acids is 1. The number of benzene rings is 2. The van der Waals surface area contributed by atoms with Crippen LogP contribution in [0.15, 0.2) is 53.4 Å². The largest absolute Gasteiger partial charge is 0.491 e. The fourth-order valence-corrected chi connectivity index (χ4v) is 8.64. The van der Waals surface area contributed by atoms with Crippen molar-refractivity contribution >= 4 is 15.7 Å². The Bertz CT molecular complexity index is 1410. The fourth-order valence-electron chi connectivity index (χ4n) is 6.33. The lowest BCUT2D eigenvalue weighted by Crippen LogP contribution is -2.56. The minimum atomic E-state index is -6.38. The molecule has 2 aromatic carbocycles. The lowest BCUT2D eigenvalue weighted by Gasteiger charge is -2.43. The van der Waals surface area contributed by atoms with E-state index in [0.717, 1.165) is 0 Å². The highest BCUT2D eigenvalue weighted by molar-refractivity contribution is 7.92. The van der Waals surface area contributed by atoms with Crippen molar-refractivity contribution in [2.45, 2.75) is 72.0 Å². The zero-order chi connectivity index (χ0) is 30.0. The number of rotatable bonds is 4. The van der Waals surface area contributed by atoms with Crippen molar-refractivity contribution in [1.29, 1.82) is 0 Å². The molecule has 0 radical (unpaired) electrons. The highest BCUT2D eigenvalue weighted by Gasteiger charge is 2.74. The predicted molar refractivity (Wildman–Crippen MR) is 129 cm³/mol. The van der Waals surface area contributed by atoms with Gasteiger partial charge in [0.2, 0.25) is 5.91 Å². The summed E-state index contributed by atoms with van der Waals surface area (Å²) in [7, 11) is -4.46. The molecule has 2 heterocycles. The summed E-state index contributed by atoms with van der Waals surface area (Å²) in [6.45, 7) is -0.683. The van der Waals surface area contributed by atoms with Gasteiger partial charge in [-0.2, -0.15) is 26.3 Å². The maximum Gasteiger partial charge on any atom is 0.435 e. The zero-order valence-corrected chi connectivity index (χ0v) is 22.1. The molecule has 0 aromatic heterocycles. The summed E-state index contributed by atoms with van der Waals surface area (Å²) in [6.07, 6.45) is -13.2. The van der Waals surface area contributed by atoms with Gasteiger partial charge in [-0.3, -0.25) is 4.79 Å². The average molecular weight is 612 g/mol. The first-order chi connectivity index (χ1) is 19.1. The number of likely N-dealkylation sites (tertiary alicyclic amines) is 1. The van der Waals surface area contributed by atoms with Crippen molar-refractivity contribution in [2.24, 2.45) is 5.92 Å². The van der Waals surface area contributed by atoms with E-state index in [1.807, 2.05) is 0 Å². The Morgan fingerprint density at radius 3 is 2.10 bits per heavy atom. The van der Waals surface area contributed by atoms with Crippen LogP contribution in [-0.4, -0.2) is 56.9 Å². The standard InChI is InChI=1S/C27H25F8NO4S/c28-18-9-6-16(7-10-18)23(37)36-13-12-24(41(38,39)19-4-2-1-3-5-19)20-11-8-17(14-21(20)40-15-22(24)36)25(29,26(30,31)32)27(33,34)35/h1-5,8,11,14,16,18,22H,6-7,9-10,12-13,15H2. The third kappa shape index (κ3) is 4.38. The molecule has 2 unspecified atom stereocenters. The Morgan fingerprint density at radius 2 is 1.51 bits per heavy atom. The normalized spacial score (nSPS) is 27.1. The molecule has 0 spiro atoms. The second kappa shape index (κ2) is 9.84. The molecule has 2 aromatic rings. The fraction of sp³-hybridized carbons (Fsp3) is 0.519. The van der Waals surface area contributed by atoms with Gasteiger partial charge >= 0.3 is 18.0 Å². The smallest absolute Gasteiger partial charge is 0.435 e. The van der Waals surface area contributed by atoms with Gasteiger partial charge in [-0.25, -0.2) is 17.2 Å². The topological polar surface area (TPSA) is 63.7 Å². The van der Waals surface area contributed by atoms with Crippen LogP contribution >= 0.6 is 0 Å². The van der Waals surface area contributed by atoms with Crippen LogP contribution in [0.2, 0.25) is 0 Å². The van der Waals surface area contributed by atoms with Gasteiger partial charge in [0.15, 0.2) is 9.84 Å². The van der Waals surface area contributed by atoms with Gasteiger partial charge in [-0.1, -0.05) is 30.3 Å². The Kier molecular flexibility index (Phi) is 7.10. The molecule has 0 bridgehead atoms. The summed E-state index contributed by atoms with van der Waals surface area (Å²) in [5.41, 5.74) is -7.82. The van der Waals surface area contributed by atoms with Crippen molar-refractivity contribution in [3.63, 3.8) is 0 Å². The van der Waals surface area contributed by atoms with Gasteiger partial charge in [0.25, 0.3) is 0 Å². The summed E-state index contributed by atoms with van der Waals surface area (Å²) < 4.78 is 141. The van der Waals surface area contributed by atoms with Crippen LogP contribution in [0.1, 0.15) is 43.2 Å². The van der Waals surface area contributed by atoms with Crippen LogP contribution in [0.3, 0.4) is 0 Å². The van der Waals surface area contributed by atoms with Crippen molar-refractivity contribution in [1.82, 2.24) is 4.90 Å². The number of halogens is 8. The van der Waals surface area contributed by atoms with E-state index in [0.29, 0.717) is 6.07 Å². The van der Waals surface area contributed by atoms with Crippen molar-refractivity contribution in [3.05, 3.63) is 59.7 Å². The van der Waals surface area contributed by atoms with Crippen LogP contribution in [0.4, 0.5) is 35.1 Å². The quantitative estimate of drug-likeness (QED) is 0.389. The molecule has 5 rings (SSSR count). The molecular formula is C27H25F8NO4S. The van der Waals surface area contributed by atoms with Gasteiger partial charge in [-0.05, 0) is 50.3 Å². The number of amides is 1. The van der Waals surface area contributed by atoms with E-state index in [1.54, 1.807) is 6.07 Å². The van der Waals surface area contributed by atoms with E-state index in [-0.39, 0.29) is 61.2 Å². The summed E-state index contributed by atoms with van der Waals surface area (Å²) in [5, 5.41) is 0. The number of hydrogen-bond acceptors (Lipinski definition) is 4. The molecule has 2 atom stereocenters. The number of sulfone groups is 1. The third-order valence-electron chi connectivity index (χ3n) is 8.47. The lowest BCUT2D eigenvalue weighted by molar-refractivity contribution is -0.348. The van der Waals surface area contributed by atoms with Gasteiger partial charge in [0.05, 0.1) is 10.9 Å². The molecule has 1 amide bonds. The third-order valence-corrected chi connectivity index (χ3v) is 11.0. The van der Waals surface area contributed by atoms with Gasteiger partial charge < -0.3 is 9.64 Å². The predicted octanol–water partition coefficient (Wildman–Crippen LogP) is 6.17. The van der Waals surface area contributed by atoms with Crippen LogP contribution < -0.4 is 4.74 Å². The number of carbonyl (C=O) groups is 1. The Morgan fingerprint density at radius 1 is 0.902 bits per heavy atom. The van der Waals surface area contributed by atoms with E-state index in [1.165, 1.54) is 29.2 Å². The molecular weight excluding hydrogens is 586 g/mol. The number of hydrogen-bond donors (Lipinski definition) is 0. The summed E-state index contributed by atoms with van der Waals surface area (Å²) in [6, 6.07) is 7.04. The monoisotopic (exact) mass is 611 g/mol. The Labute approximate surface area is 230 Å². The van der Waals surface area contributed by atoms with Crippen LogP contribution in [0.25, 0.3) is 0 Å². The summed E-state index contributed by atoms with van der Waals surface area (Å²) in [4.78, 5) is 14.7. The SMILES string of the molecule is O=C(C1CCC(F)CC1)N1CCC2(S(=O)(=O)c3ccccc3)c3ccc(C(F)(C(F)(F)F)C(F)(F)F)cc3OCC12. The van der Waals surface area contributed by atoms with Gasteiger partial charge in [0, 0.05) is 23.6 Å². The first kappa shape index (κ1) is 29.6.